The van der Waals surface area contributed by atoms with E-state index in [4.69, 9.17) is 0 Å². The minimum Gasteiger partial charge on any atom is -0.353 e. The first-order valence-electron chi connectivity index (χ1n) is 4.54. The number of aromatic amines is 1. The first-order chi connectivity index (χ1) is 6.25. The van der Waals surface area contributed by atoms with Gasteiger partial charge in [0.1, 0.15) is 0 Å². The molecule has 0 radical (unpaired) electrons. The molecule has 1 fully saturated rings. The van der Waals surface area contributed by atoms with Crippen molar-refractivity contribution in [3.05, 3.63) is 17.5 Å². The van der Waals surface area contributed by atoms with Crippen molar-refractivity contribution < 1.29 is 4.79 Å². The van der Waals surface area contributed by atoms with E-state index in [1.165, 1.54) is 0 Å². The molecule has 4 nitrogen and oxygen atoms in total. The summed E-state index contributed by atoms with van der Waals surface area (Å²) in [6, 6.07) is 0.444. The van der Waals surface area contributed by atoms with Gasteiger partial charge in [-0.05, 0) is 19.8 Å². The summed E-state index contributed by atoms with van der Waals surface area (Å²) in [5, 5.41) is 9.62. The second-order valence-corrected chi connectivity index (χ2v) is 3.54. The molecule has 1 saturated carbocycles. The molecule has 1 amide bonds. The second kappa shape index (κ2) is 3.20. The van der Waals surface area contributed by atoms with Gasteiger partial charge in [0.05, 0.1) is 12.6 Å². The fourth-order valence-corrected chi connectivity index (χ4v) is 1.23. The van der Waals surface area contributed by atoms with Crippen LogP contribution in [-0.2, 0) is 11.2 Å². The molecule has 2 N–H and O–H groups in total. The van der Waals surface area contributed by atoms with E-state index in [1.807, 2.05) is 6.92 Å². The number of aryl methyl sites for hydroxylation is 1. The molecule has 0 unspecified atom stereocenters. The van der Waals surface area contributed by atoms with E-state index in [0.29, 0.717) is 12.5 Å². The van der Waals surface area contributed by atoms with Crippen LogP contribution in [0.3, 0.4) is 0 Å². The van der Waals surface area contributed by atoms with E-state index in [1.54, 1.807) is 6.20 Å². The van der Waals surface area contributed by atoms with Crippen molar-refractivity contribution in [3.63, 3.8) is 0 Å². The van der Waals surface area contributed by atoms with Gasteiger partial charge < -0.3 is 5.32 Å². The highest BCUT2D eigenvalue weighted by molar-refractivity contribution is 5.79. The minimum absolute atomic E-state index is 0.104. The van der Waals surface area contributed by atoms with Crippen LogP contribution < -0.4 is 5.32 Å². The maximum absolute atomic E-state index is 11.4. The number of carbonyl (C=O) groups is 1. The number of aromatic nitrogens is 2. The fourth-order valence-electron chi connectivity index (χ4n) is 1.23. The Hall–Kier alpha value is -1.32. The molecular weight excluding hydrogens is 166 g/mol. The van der Waals surface area contributed by atoms with E-state index in [9.17, 15) is 4.79 Å². The average molecular weight is 179 g/mol. The maximum atomic E-state index is 11.4. The Bertz CT molecular complexity index is 314. The van der Waals surface area contributed by atoms with E-state index < -0.39 is 0 Å². The van der Waals surface area contributed by atoms with Crippen molar-refractivity contribution in [1.29, 1.82) is 0 Å². The fraction of sp³-hybridized carbons (Fsp3) is 0.556. The molecule has 0 atom stereocenters. The normalized spacial score (nSPS) is 15.8. The molecule has 13 heavy (non-hydrogen) atoms. The highest BCUT2D eigenvalue weighted by Gasteiger charge is 2.23. The van der Waals surface area contributed by atoms with Gasteiger partial charge in [0, 0.05) is 17.3 Å². The van der Waals surface area contributed by atoms with Crippen molar-refractivity contribution >= 4 is 5.91 Å². The smallest absolute Gasteiger partial charge is 0.224 e. The number of H-pyrrole nitrogens is 1. The Labute approximate surface area is 76.7 Å². The van der Waals surface area contributed by atoms with E-state index in [0.717, 1.165) is 24.1 Å². The zero-order valence-corrected chi connectivity index (χ0v) is 7.63. The lowest BCUT2D eigenvalue weighted by Crippen LogP contribution is -2.27. The molecule has 1 heterocycles. The summed E-state index contributed by atoms with van der Waals surface area (Å²) in [6.07, 6.45) is 4.42. The summed E-state index contributed by atoms with van der Waals surface area (Å²) in [4.78, 5) is 11.4. The molecular formula is C9H13N3O. The zero-order chi connectivity index (χ0) is 9.26. The maximum Gasteiger partial charge on any atom is 0.224 e. The molecule has 0 spiro atoms. The molecule has 2 rings (SSSR count). The molecule has 4 heteroatoms. The lowest BCUT2D eigenvalue weighted by atomic mass is 10.2. The van der Waals surface area contributed by atoms with Crippen LogP contribution in [0.4, 0.5) is 0 Å². The SMILES string of the molecule is Cc1[nH]ncc1CC(=O)NC1CC1. The predicted molar refractivity (Wildman–Crippen MR) is 48.2 cm³/mol. The Morgan fingerprint density at radius 1 is 1.77 bits per heavy atom. The Kier molecular flexibility index (Phi) is 2.04. The number of nitrogens with zero attached hydrogens (tertiary/aromatic N) is 1. The molecule has 70 valence electrons. The van der Waals surface area contributed by atoms with E-state index >= 15 is 0 Å². The van der Waals surface area contributed by atoms with Crippen molar-refractivity contribution in [2.75, 3.05) is 0 Å². The van der Waals surface area contributed by atoms with Crippen LogP contribution in [0.5, 0.6) is 0 Å². The average Bonchev–Trinajstić information content (AvgIpc) is 2.79. The standard InChI is InChI=1S/C9H13N3O/c1-6-7(5-10-12-6)4-9(13)11-8-2-3-8/h5,8H,2-4H2,1H3,(H,10,12)(H,11,13). The number of amides is 1. The second-order valence-electron chi connectivity index (χ2n) is 3.54. The predicted octanol–water partition coefficient (Wildman–Crippen LogP) is 0.539. The van der Waals surface area contributed by atoms with Crippen LogP contribution in [0, 0.1) is 6.92 Å². The van der Waals surface area contributed by atoms with Gasteiger partial charge in [-0.25, -0.2) is 0 Å². The summed E-state index contributed by atoms with van der Waals surface area (Å²) in [5.41, 5.74) is 1.96. The van der Waals surface area contributed by atoms with Crippen LogP contribution in [0.15, 0.2) is 6.20 Å². The molecule has 1 aliphatic rings. The summed E-state index contributed by atoms with van der Waals surface area (Å²) in [7, 11) is 0. The molecule has 1 aromatic rings. The first-order valence-corrected chi connectivity index (χ1v) is 4.54. The number of hydrogen-bond donors (Lipinski definition) is 2. The van der Waals surface area contributed by atoms with Crippen molar-refractivity contribution in [3.8, 4) is 0 Å². The van der Waals surface area contributed by atoms with Gasteiger partial charge in [-0.1, -0.05) is 0 Å². The molecule has 1 aromatic heterocycles. The van der Waals surface area contributed by atoms with E-state index in [2.05, 4.69) is 15.5 Å². The van der Waals surface area contributed by atoms with Crippen LogP contribution >= 0.6 is 0 Å². The summed E-state index contributed by atoms with van der Waals surface area (Å²) in [5.74, 6) is 0.104. The molecule has 0 aliphatic heterocycles. The summed E-state index contributed by atoms with van der Waals surface area (Å²) < 4.78 is 0. The van der Waals surface area contributed by atoms with Crippen molar-refractivity contribution in [2.45, 2.75) is 32.2 Å². The van der Waals surface area contributed by atoms with Gasteiger partial charge in [-0.2, -0.15) is 5.10 Å². The number of carbonyl (C=O) groups excluding carboxylic acids is 1. The van der Waals surface area contributed by atoms with Crippen molar-refractivity contribution in [2.24, 2.45) is 0 Å². The summed E-state index contributed by atoms with van der Waals surface area (Å²) in [6.45, 7) is 1.92. The third kappa shape index (κ3) is 2.08. The van der Waals surface area contributed by atoms with Gasteiger partial charge in [0.25, 0.3) is 0 Å². The lowest BCUT2D eigenvalue weighted by molar-refractivity contribution is -0.120. The van der Waals surface area contributed by atoms with Gasteiger partial charge in [0.15, 0.2) is 0 Å². The largest absolute Gasteiger partial charge is 0.353 e. The third-order valence-electron chi connectivity index (χ3n) is 2.23. The van der Waals surface area contributed by atoms with Gasteiger partial charge >= 0.3 is 0 Å². The van der Waals surface area contributed by atoms with Crippen LogP contribution in [-0.4, -0.2) is 22.1 Å². The topological polar surface area (TPSA) is 57.8 Å². The van der Waals surface area contributed by atoms with Crippen LogP contribution in [0.1, 0.15) is 24.1 Å². The molecule has 1 aliphatic carbocycles. The Morgan fingerprint density at radius 2 is 2.54 bits per heavy atom. The Balaban J connectivity index is 1.89. The highest BCUT2D eigenvalue weighted by atomic mass is 16.1. The quantitative estimate of drug-likeness (QED) is 0.711. The van der Waals surface area contributed by atoms with Gasteiger partial charge in [-0.3, -0.25) is 9.89 Å². The minimum atomic E-state index is 0.104. The van der Waals surface area contributed by atoms with Crippen LogP contribution in [0.25, 0.3) is 0 Å². The molecule has 0 saturated heterocycles. The molecule has 0 bridgehead atoms. The molecule has 0 aromatic carbocycles. The Morgan fingerprint density at radius 3 is 3.08 bits per heavy atom. The number of hydrogen-bond acceptors (Lipinski definition) is 2. The monoisotopic (exact) mass is 179 g/mol. The number of rotatable bonds is 3. The van der Waals surface area contributed by atoms with E-state index in [-0.39, 0.29) is 5.91 Å². The van der Waals surface area contributed by atoms with Gasteiger partial charge in [-0.15, -0.1) is 0 Å². The third-order valence-corrected chi connectivity index (χ3v) is 2.23. The van der Waals surface area contributed by atoms with Gasteiger partial charge in [0.2, 0.25) is 5.91 Å². The van der Waals surface area contributed by atoms with Crippen molar-refractivity contribution in [1.82, 2.24) is 15.5 Å². The van der Waals surface area contributed by atoms with Crippen LogP contribution in [0.2, 0.25) is 0 Å². The lowest BCUT2D eigenvalue weighted by Gasteiger charge is -2.01. The zero-order valence-electron chi connectivity index (χ0n) is 7.63. The number of nitrogens with one attached hydrogen (secondary N) is 2. The highest BCUT2D eigenvalue weighted by Crippen LogP contribution is 2.18. The first kappa shape index (κ1) is 8.29. The summed E-state index contributed by atoms with van der Waals surface area (Å²) >= 11 is 0.